The molecule has 1 atom stereocenters. The van der Waals surface area contributed by atoms with Crippen molar-refractivity contribution in [2.45, 2.75) is 11.8 Å². The van der Waals surface area contributed by atoms with Crippen molar-refractivity contribution in [1.82, 2.24) is 9.21 Å². The number of rotatable bonds is 4. The Morgan fingerprint density at radius 3 is 2.38 bits per heavy atom. The van der Waals surface area contributed by atoms with Crippen LogP contribution in [-0.2, 0) is 15.8 Å². The molecule has 0 radical (unpaired) electrons. The Kier molecular flexibility index (Phi) is 4.99. The van der Waals surface area contributed by atoms with Gasteiger partial charge >= 0.3 is 0 Å². The van der Waals surface area contributed by atoms with Crippen LogP contribution in [0.5, 0.6) is 0 Å². The van der Waals surface area contributed by atoms with E-state index in [-0.39, 0.29) is 17.6 Å². The van der Waals surface area contributed by atoms with E-state index >= 15 is 0 Å². The molecule has 0 aromatic heterocycles. The molecule has 0 aliphatic carbocycles. The maximum Gasteiger partial charge on any atom is 0.218 e. The van der Waals surface area contributed by atoms with Gasteiger partial charge < -0.3 is 0 Å². The Morgan fingerprint density at radius 1 is 1.04 bits per heavy atom. The summed E-state index contributed by atoms with van der Waals surface area (Å²) in [5, 5.41) is 0. The summed E-state index contributed by atoms with van der Waals surface area (Å²) >= 11 is 0. The summed E-state index contributed by atoms with van der Waals surface area (Å²) in [4.78, 5) is 2.11. The van der Waals surface area contributed by atoms with Gasteiger partial charge in [0.15, 0.2) is 0 Å². The summed E-state index contributed by atoms with van der Waals surface area (Å²) in [6.45, 7) is 1.51. The van der Waals surface area contributed by atoms with Crippen LogP contribution in [0.25, 0.3) is 0 Å². The van der Waals surface area contributed by atoms with E-state index in [0.717, 1.165) is 11.1 Å². The molecule has 128 valence electrons. The van der Waals surface area contributed by atoms with Gasteiger partial charge in [-0.2, -0.15) is 4.31 Å². The Bertz CT molecular complexity index is 778. The maximum atomic E-state index is 13.1. The molecular weight excluding hydrogens is 327 g/mol. The molecule has 4 nitrogen and oxygen atoms in total. The van der Waals surface area contributed by atoms with Gasteiger partial charge in [-0.05, 0) is 30.3 Å². The van der Waals surface area contributed by atoms with Crippen LogP contribution in [0.4, 0.5) is 4.39 Å². The lowest BCUT2D eigenvalue weighted by molar-refractivity contribution is 0.148. The van der Waals surface area contributed by atoms with Gasteiger partial charge in [-0.25, -0.2) is 12.8 Å². The minimum absolute atomic E-state index is 0.00763. The van der Waals surface area contributed by atoms with Crippen molar-refractivity contribution in [3.8, 4) is 0 Å². The van der Waals surface area contributed by atoms with Crippen molar-refractivity contribution in [3.05, 3.63) is 71.5 Å². The Balaban J connectivity index is 1.78. The van der Waals surface area contributed by atoms with Crippen molar-refractivity contribution in [2.24, 2.45) is 0 Å². The third-order valence-electron chi connectivity index (χ3n) is 4.45. The lowest BCUT2D eigenvalue weighted by Crippen LogP contribution is -2.49. The van der Waals surface area contributed by atoms with Gasteiger partial charge in [-0.1, -0.05) is 42.5 Å². The Labute approximate surface area is 142 Å². The van der Waals surface area contributed by atoms with Crippen LogP contribution in [0.2, 0.25) is 0 Å². The van der Waals surface area contributed by atoms with Gasteiger partial charge in [0.05, 0.1) is 5.75 Å². The predicted molar refractivity (Wildman–Crippen MR) is 92.4 cm³/mol. The van der Waals surface area contributed by atoms with E-state index in [1.807, 2.05) is 37.4 Å². The zero-order valence-electron chi connectivity index (χ0n) is 13.6. The smallest absolute Gasteiger partial charge is 0.218 e. The molecule has 24 heavy (non-hydrogen) atoms. The highest BCUT2D eigenvalue weighted by Gasteiger charge is 2.32. The van der Waals surface area contributed by atoms with Crippen molar-refractivity contribution in [1.29, 1.82) is 0 Å². The summed E-state index contributed by atoms with van der Waals surface area (Å²) < 4.78 is 40.2. The third-order valence-corrected chi connectivity index (χ3v) is 6.27. The molecular formula is C18H21FN2O2S. The summed E-state index contributed by atoms with van der Waals surface area (Å²) in [5.74, 6) is -0.279. The van der Waals surface area contributed by atoms with Crippen molar-refractivity contribution in [3.63, 3.8) is 0 Å². The first-order valence-electron chi connectivity index (χ1n) is 7.93. The van der Waals surface area contributed by atoms with Crippen LogP contribution >= 0.6 is 0 Å². The number of sulfonamides is 1. The molecule has 0 bridgehead atoms. The molecule has 6 heteroatoms. The highest BCUT2D eigenvalue weighted by atomic mass is 32.2. The number of benzene rings is 2. The molecule has 1 aliphatic heterocycles. The molecule has 1 aliphatic rings. The summed E-state index contributed by atoms with van der Waals surface area (Å²) in [6.07, 6.45) is 0. The molecule has 0 spiro atoms. The normalized spacial score (nSPS) is 20.2. The molecule has 0 saturated carbocycles. The van der Waals surface area contributed by atoms with Crippen LogP contribution in [-0.4, -0.2) is 44.3 Å². The highest BCUT2D eigenvalue weighted by Crippen LogP contribution is 2.26. The van der Waals surface area contributed by atoms with Crippen LogP contribution in [0, 0.1) is 5.82 Å². The average molecular weight is 348 g/mol. The Morgan fingerprint density at radius 2 is 1.71 bits per heavy atom. The van der Waals surface area contributed by atoms with Crippen LogP contribution in [0.1, 0.15) is 17.2 Å². The fourth-order valence-corrected chi connectivity index (χ4v) is 4.55. The van der Waals surface area contributed by atoms with Crippen LogP contribution in [0.3, 0.4) is 0 Å². The number of likely N-dealkylation sites (N-methyl/N-ethyl adjacent to an activating group) is 1. The summed E-state index contributed by atoms with van der Waals surface area (Å²) in [6, 6.07) is 15.4. The van der Waals surface area contributed by atoms with Crippen molar-refractivity contribution < 1.29 is 12.8 Å². The van der Waals surface area contributed by atoms with Crippen molar-refractivity contribution >= 4 is 10.0 Å². The van der Waals surface area contributed by atoms with E-state index in [2.05, 4.69) is 4.90 Å². The molecule has 3 rings (SSSR count). The second-order valence-corrected chi connectivity index (χ2v) is 8.12. The molecule has 0 N–H and O–H groups in total. The van der Waals surface area contributed by atoms with Gasteiger partial charge in [0.1, 0.15) is 5.82 Å². The zero-order valence-corrected chi connectivity index (χ0v) is 14.4. The van der Waals surface area contributed by atoms with Gasteiger partial charge in [0, 0.05) is 25.7 Å². The maximum absolute atomic E-state index is 13.1. The minimum Gasteiger partial charge on any atom is -0.297 e. The minimum atomic E-state index is -3.38. The van der Waals surface area contributed by atoms with Gasteiger partial charge in [-0.15, -0.1) is 0 Å². The van der Waals surface area contributed by atoms with E-state index in [1.54, 1.807) is 16.4 Å². The van der Waals surface area contributed by atoms with Crippen molar-refractivity contribution in [2.75, 3.05) is 26.7 Å². The fourth-order valence-electron chi connectivity index (χ4n) is 3.02. The fraction of sp³-hybridized carbons (Fsp3) is 0.333. The number of piperazine rings is 1. The zero-order chi connectivity index (χ0) is 17.2. The monoisotopic (exact) mass is 348 g/mol. The van der Waals surface area contributed by atoms with Crippen LogP contribution in [0.15, 0.2) is 54.6 Å². The lowest BCUT2D eigenvalue weighted by atomic mass is 10.0. The first-order valence-corrected chi connectivity index (χ1v) is 9.54. The number of nitrogens with zero attached hydrogens (tertiary/aromatic N) is 2. The summed E-state index contributed by atoms with van der Waals surface area (Å²) in [7, 11) is -1.41. The average Bonchev–Trinajstić information content (AvgIpc) is 2.56. The molecule has 2 aromatic rings. The molecule has 1 unspecified atom stereocenters. The topological polar surface area (TPSA) is 40.6 Å². The molecule has 1 saturated heterocycles. The van der Waals surface area contributed by atoms with E-state index in [9.17, 15) is 12.8 Å². The molecule has 2 aromatic carbocycles. The second-order valence-electron chi connectivity index (χ2n) is 6.15. The first-order chi connectivity index (χ1) is 11.5. The second kappa shape index (κ2) is 7.01. The van der Waals surface area contributed by atoms with Gasteiger partial charge in [0.2, 0.25) is 10.0 Å². The Hall–Kier alpha value is -1.76. The van der Waals surface area contributed by atoms with Gasteiger partial charge in [0.25, 0.3) is 0 Å². The largest absolute Gasteiger partial charge is 0.297 e. The number of hydrogen-bond acceptors (Lipinski definition) is 3. The first kappa shape index (κ1) is 17.1. The standard InChI is InChI=1S/C18H21FN2O2S/c1-20-11-12-21(13-18(20)16-7-9-17(19)10-8-16)24(22,23)14-15-5-3-2-4-6-15/h2-10,18H,11-14H2,1H3. The highest BCUT2D eigenvalue weighted by molar-refractivity contribution is 7.88. The third kappa shape index (κ3) is 3.83. The number of hydrogen-bond donors (Lipinski definition) is 0. The quantitative estimate of drug-likeness (QED) is 0.853. The molecule has 1 heterocycles. The van der Waals surface area contributed by atoms with Crippen LogP contribution < -0.4 is 0 Å². The SMILES string of the molecule is CN1CCN(S(=O)(=O)Cc2ccccc2)CC1c1ccc(F)cc1. The predicted octanol–water partition coefficient (Wildman–Crippen LogP) is 2.64. The summed E-state index contributed by atoms with van der Waals surface area (Å²) in [5.41, 5.74) is 1.72. The number of halogens is 1. The van der Waals surface area contributed by atoms with E-state index in [0.29, 0.717) is 19.6 Å². The van der Waals surface area contributed by atoms with E-state index < -0.39 is 10.0 Å². The molecule has 0 amide bonds. The van der Waals surface area contributed by atoms with E-state index in [4.69, 9.17) is 0 Å². The molecule has 1 fully saturated rings. The lowest BCUT2D eigenvalue weighted by Gasteiger charge is -2.39. The van der Waals surface area contributed by atoms with E-state index in [1.165, 1.54) is 12.1 Å². The van der Waals surface area contributed by atoms with Gasteiger partial charge in [-0.3, -0.25) is 4.90 Å².